The molecule has 0 aliphatic carbocycles. The van der Waals surface area contributed by atoms with E-state index in [0.29, 0.717) is 33.4 Å². The summed E-state index contributed by atoms with van der Waals surface area (Å²) in [5, 5.41) is 6.05. The smallest absolute Gasteiger partial charge is 0.338 e. The van der Waals surface area contributed by atoms with E-state index >= 15 is 0 Å². The Labute approximate surface area is 180 Å². The zero-order valence-electron chi connectivity index (χ0n) is 17.0. The Kier molecular flexibility index (Phi) is 6.84. The Bertz CT molecular complexity index is 972. The molecule has 0 bridgehead atoms. The number of nitrogens with one attached hydrogen (secondary N) is 2. The van der Waals surface area contributed by atoms with Gasteiger partial charge in [-0.2, -0.15) is 0 Å². The van der Waals surface area contributed by atoms with Crippen molar-refractivity contribution in [1.82, 2.24) is 10.6 Å². The molecular formula is C22H23ClN2O5. The van der Waals surface area contributed by atoms with Gasteiger partial charge in [-0.15, -0.1) is 0 Å². The van der Waals surface area contributed by atoms with Gasteiger partial charge in [0.1, 0.15) is 6.61 Å². The highest BCUT2D eigenvalue weighted by Gasteiger charge is 2.34. The van der Waals surface area contributed by atoms with Crippen molar-refractivity contribution >= 4 is 23.6 Å². The monoisotopic (exact) mass is 430 g/mol. The quantitative estimate of drug-likeness (QED) is 0.645. The number of hydrogen-bond donors (Lipinski definition) is 2. The molecule has 0 spiro atoms. The molecule has 2 N–H and O–H groups in total. The second-order valence-electron chi connectivity index (χ2n) is 6.58. The van der Waals surface area contributed by atoms with Gasteiger partial charge in [0.05, 0.1) is 25.3 Å². The van der Waals surface area contributed by atoms with Crippen LogP contribution in [0.25, 0.3) is 0 Å². The zero-order chi connectivity index (χ0) is 21.7. The molecule has 3 rings (SSSR count). The molecule has 1 aliphatic rings. The third-order valence-corrected chi connectivity index (χ3v) is 4.85. The Hall–Kier alpha value is -3.19. The van der Waals surface area contributed by atoms with Gasteiger partial charge < -0.3 is 24.8 Å². The number of rotatable bonds is 7. The standard InChI is InChI=1S/C22H23ClN2O5/c1-4-29-21(26)18-13(2)24-22(27)25-19(18)16-6-5-7-17(28-3)20(16)30-12-14-8-10-15(23)11-9-14/h5-11,19H,4,12H2,1-3H3,(H2,24,25,27). The summed E-state index contributed by atoms with van der Waals surface area (Å²) in [7, 11) is 1.53. The number of methoxy groups -OCH3 is 1. The minimum Gasteiger partial charge on any atom is -0.493 e. The van der Waals surface area contributed by atoms with E-state index in [4.69, 9.17) is 25.8 Å². The van der Waals surface area contributed by atoms with E-state index in [1.165, 1.54) is 7.11 Å². The van der Waals surface area contributed by atoms with Crippen molar-refractivity contribution in [3.05, 3.63) is 69.9 Å². The van der Waals surface area contributed by atoms with Crippen LogP contribution in [0.1, 0.15) is 31.0 Å². The lowest BCUT2D eigenvalue weighted by Gasteiger charge is -2.29. The molecule has 2 aromatic carbocycles. The molecule has 0 radical (unpaired) electrons. The Morgan fingerprint density at radius 2 is 1.90 bits per heavy atom. The van der Waals surface area contributed by atoms with Crippen LogP contribution in [0.4, 0.5) is 4.79 Å². The largest absolute Gasteiger partial charge is 0.493 e. The molecule has 0 fully saturated rings. The molecule has 7 nitrogen and oxygen atoms in total. The fourth-order valence-corrected chi connectivity index (χ4v) is 3.34. The van der Waals surface area contributed by atoms with Gasteiger partial charge >= 0.3 is 12.0 Å². The summed E-state index contributed by atoms with van der Waals surface area (Å²) in [6.45, 7) is 3.85. The van der Waals surface area contributed by atoms with Gasteiger partial charge in [0.15, 0.2) is 11.5 Å². The molecule has 1 atom stereocenters. The van der Waals surface area contributed by atoms with Gasteiger partial charge in [0.2, 0.25) is 0 Å². The van der Waals surface area contributed by atoms with Crippen molar-refractivity contribution in [2.45, 2.75) is 26.5 Å². The van der Waals surface area contributed by atoms with Crippen molar-refractivity contribution in [3.63, 3.8) is 0 Å². The lowest BCUT2D eigenvalue weighted by Crippen LogP contribution is -2.45. The molecule has 2 amide bonds. The third-order valence-electron chi connectivity index (χ3n) is 4.60. The molecule has 0 saturated carbocycles. The first kappa shape index (κ1) is 21.5. The molecule has 1 heterocycles. The normalized spacial score (nSPS) is 15.9. The van der Waals surface area contributed by atoms with E-state index < -0.39 is 18.0 Å². The first-order chi connectivity index (χ1) is 14.4. The summed E-state index contributed by atoms with van der Waals surface area (Å²) in [6, 6.07) is 11.4. The maximum atomic E-state index is 12.6. The van der Waals surface area contributed by atoms with Crippen molar-refractivity contribution < 1.29 is 23.8 Å². The SMILES string of the molecule is CCOC(=O)C1=C(C)NC(=O)NC1c1cccc(OC)c1OCc1ccc(Cl)cc1. The summed E-state index contributed by atoms with van der Waals surface area (Å²) in [6.07, 6.45) is 0. The van der Waals surface area contributed by atoms with E-state index in [2.05, 4.69) is 10.6 Å². The van der Waals surface area contributed by atoms with Crippen LogP contribution in [0.5, 0.6) is 11.5 Å². The van der Waals surface area contributed by atoms with Crippen molar-refractivity contribution in [2.24, 2.45) is 0 Å². The number of halogens is 1. The minimum atomic E-state index is -0.756. The Morgan fingerprint density at radius 3 is 2.57 bits per heavy atom. The minimum absolute atomic E-state index is 0.217. The lowest BCUT2D eigenvalue weighted by atomic mass is 9.94. The van der Waals surface area contributed by atoms with Crippen molar-refractivity contribution in [3.8, 4) is 11.5 Å². The Morgan fingerprint density at radius 1 is 1.17 bits per heavy atom. The van der Waals surface area contributed by atoms with Gasteiger partial charge in [-0.25, -0.2) is 9.59 Å². The van der Waals surface area contributed by atoms with Crippen LogP contribution in [-0.2, 0) is 16.1 Å². The summed E-state index contributed by atoms with van der Waals surface area (Å²) in [5.41, 5.74) is 2.22. The van der Waals surface area contributed by atoms with Crippen LogP contribution in [0.3, 0.4) is 0 Å². The fraction of sp³-hybridized carbons (Fsp3) is 0.273. The number of ether oxygens (including phenoxy) is 3. The molecule has 2 aromatic rings. The summed E-state index contributed by atoms with van der Waals surface area (Å²) < 4.78 is 16.8. The number of carbonyl (C=O) groups is 2. The maximum absolute atomic E-state index is 12.6. The Balaban J connectivity index is 2.01. The topological polar surface area (TPSA) is 85.9 Å². The van der Waals surface area contributed by atoms with E-state index in [0.717, 1.165) is 5.56 Å². The number of urea groups is 1. The van der Waals surface area contributed by atoms with Gasteiger partial charge in [-0.3, -0.25) is 0 Å². The van der Waals surface area contributed by atoms with Crippen molar-refractivity contribution in [1.29, 1.82) is 0 Å². The van der Waals surface area contributed by atoms with E-state index in [1.54, 1.807) is 44.2 Å². The molecule has 8 heteroatoms. The average molecular weight is 431 g/mol. The number of para-hydroxylation sites is 1. The number of esters is 1. The third kappa shape index (κ3) is 4.68. The predicted molar refractivity (Wildman–Crippen MR) is 113 cm³/mol. The predicted octanol–water partition coefficient (Wildman–Crippen LogP) is 4.12. The van der Waals surface area contributed by atoms with Gasteiger partial charge in [-0.05, 0) is 37.6 Å². The lowest BCUT2D eigenvalue weighted by molar-refractivity contribution is -0.139. The summed E-state index contributed by atoms with van der Waals surface area (Å²) in [5.74, 6) is 0.394. The second kappa shape index (κ2) is 9.54. The average Bonchev–Trinajstić information content (AvgIpc) is 2.72. The zero-order valence-corrected chi connectivity index (χ0v) is 17.7. The van der Waals surface area contributed by atoms with Gasteiger partial charge in [0, 0.05) is 16.3 Å². The molecule has 1 unspecified atom stereocenters. The molecular weight excluding hydrogens is 408 g/mol. The highest BCUT2D eigenvalue weighted by atomic mass is 35.5. The first-order valence-electron chi connectivity index (χ1n) is 9.44. The first-order valence-corrected chi connectivity index (χ1v) is 9.82. The molecule has 0 aromatic heterocycles. The van der Waals surface area contributed by atoms with E-state index in [-0.39, 0.29) is 13.2 Å². The van der Waals surface area contributed by atoms with Crippen LogP contribution >= 0.6 is 11.6 Å². The van der Waals surface area contributed by atoms with E-state index in [9.17, 15) is 9.59 Å². The van der Waals surface area contributed by atoms with Gasteiger partial charge in [0.25, 0.3) is 0 Å². The second-order valence-corrected chi connectivity index (χ2v) is 7.02. The summed E-state index contributed by atoms with van der Waals surface area (Å²) in [4.78, 5) is 24.8. The molecule has 0 saturated heterocycles. The number of hydrogen-bond acceptors (Lipinski definition) is 5. The number of allylic oxidation sites excluding steroid dienone is 1. The summed E-state index contributed by atoms with van der Waals surface area (Å²) >= 11 is 5.95. The van der Waals surface area contributed by atoms with Crippen LogP contribution in [0.15, 0.2) is 53.7 Å². The van der Waals surface area contributed by atoms with Crippen LogP contribution in [-0.4, -0.2) is 25.7 Å². The van der Waals surface area contributed by atoms with Crippen molar-refractivity contribution in [2.75, 3.05) is 13.7 Å². The number of benzene rings is 2. The van der Waals surface area contributed by atoms with Crippen LogP contribution in [0.2, 0.25) is 5.02 Å². The molecule has 158 valence electrons. The van der Waals surface area contributed by atoms with Crippen LogP contribution < -0.4 is 20.1 Å². The fourth-order valence-electron chi connectivity index (χ4n) is 3.22. The number of carbonyl (C=O) groups excluding carboxylic acids is 2. The highest BCUT2D eigenvalue weighted by molar-refractivity contribution is 6.30. The van der Waals surface area contributed by atoms with E-state index in [1.807, 2.05) is 12.1 Å². The molecule has 1 aliphatic heterocycles. The number of amides is 2. The highest BCUT2D eigenvalue weighted by Crippen LogP contribution is 2.39. The maximum Gasteiger partial charge on any atom is 0.338 e. The van der Waals surface area contributed by atoms with Gasteiger partial charge in [-0.1, -0.05) is 35.9 Å². The van der Waals surface area contributed by atoms with Crippen LogP contribution in [0, 0.1) is 0 Å². The molecule has 30 heavy (non-hydrogen) atoms.